The summed E-state index contributed by atoms with van der Waals surface area (Å²) in [6.45, 7) is 7.00. The molecule has 0 amide bonds. The Morgan fingerprint density at radius 1 is 1.38 bits per heavy atom. The lowest BCUT2D eigenvalue weighted by Crippen LogP contribution is -2.11. The van der Waals surface area contributed by atoms with Crippen LogP contribution in [0.5, 0.6) is 11.5 Å². The van der Waals surface area contributed by atoms with Gasteiger partial charge >= 0.3 is 0 Å². The van der Waals surface area contributed by atoms with Crippen molar-refractivity contribution in [2.75, 3.05) is 13.2 Å². The minimum absolute atomic E-state index is 0.204. The van der Waals surface area contributed by atoms with Crippen LogP contribution in [-0.2, 0) is 11.2 Å². The molecule has 1 fully saturated rings. The summed E-state index contributed by atoms with van der Waals surface area (Å²) in [4.78, 5) is 11.6. The molecule has 0 spiro atoms. The average molecular weight is 288 g/mol. The molecule has 0 bridgehead atoms. The predicted molar refractivity (Wildman–Crippen MR) is 84.0 cm³/mol. The maximum absolute atomic E-state index is 11.6. The van der Waals surface area contributed by atoms with E-state index >= 15 is 0 Å². The van der Waals surface area contributed by atoms with Gasteiger partial charge in [0.1, 0.15) is 17.3 Å². The van der Waals surface area contributed by atoms with Crippen LogP contribution in [0.3, 0.4) is 0 Å². The molecule has 3 heteroatoms. The summed E-state index contributed by atoms with van der Waals surface area (Å²) in [5.74, 6) is 2.32. The Kier molecular flexibility index (Phi) is 5.85. The molecule has 1 aromatic carbocycles. The third-order valence-electron chi connectivity index (χ3n) is 3.86. The lowest BCUT2D eigenvalue weighted by Gasteiger charge is -2.14. The zero-order valence-corrected chi connectivity index (χ0v) is 12.8. The first kappa shape index (κ1) is 15.6. The van der Waals surface area contributed by atoms with Crippen LogP contribution in [0.2, 0.25) is 0 Å². The van der Waals surface area contributed by atoms with Crippen LogP contribution in [0.25, 0.3) is 0 Å². The molecule has 1 aromatic rings. The first-order chi connectivity index (χ1) is 10.2. The second kappa shape index (κ2) is 7.87. The van der Waals surface area contributed by atoms with Crippen molar-refractivity contribution in [3.8, 4) is 11.5 Å². The van der Waals surface area contributed by atoms with Gasteiger partial charge in [0.05, 0.1) is 13.2 Å². The van der Waals surface area contributed by atoms with E-state index in [2.05, 4.69) is 6.58 Å². The topological polar surface area (TPSA) is 35.5 Å². The standard InChI is InChI=1S/C18H24O3/c1-3-6-15-13-16(20-4-2)9-10-18(15)21-12-11-14-7-5-8-17(14)19/h3,9-10,13-14H,1,4-8,11-12H2,2H3. The van der Waals surface area contributed by atoms with Gasteiger partial charge in [0.15, 0.2) is 0 Å². The fraction of sp³-hybridized carbons (Fsp3) is 0.500. The molecular formula is C18H24O3. The van der Waals surface area contributed by atoms with Gasteiger partial charge in [-0.05, 0) is 50.8 Å². The van der Waals surface area contributed by atoms with Crippen molar-refractivity contribution in [1.29, 1.82) is 0 Å². The Balaban J connectivity index is 1.94. The maximum atomic E-state index is 11.6. The van der Waals surface area contributed by atoms with Crippen LogP contribution >= 0.6 is 0 Å². The van der Waals surface area contributed by atoms with E-state index in [1.54, 1.807) is 0 Å². The number of hydrogen-bond donors (Lipinski definition) is 0. The second-order valence-corrected chi connectivity index (χ2v) is 5.39. The quantitative estimate of drug-likeness (QED) is 0.679. The van der Waals surface area contributed by atoms with E-state index < -0.39 is 0 Å². The first-order valence-corrected chi connectivity index (χ1v) is 7.76. The molecule has 0 radical (unpaired) electrons. The SMILES string of the molecule is C=CCc1cc(OCC)ccc1OCCC1CCCC1=O. The van der Waals surface area contributed by atoms with Crippen LogP contribution in [0, 0.1) is 5.92 Å². The number of carbonyl (C=O) groups is 1. The summed E-state index contributed by atoms with van der Waals surface area (Å²) in [6, 6.07) is 5.87. The minimum Gasteiger partial charge on any atom is -0.494 e. The average Bonchev–Trinajstić information content (AvgIpc) is 2.87. The fourth-order valence-electron chi connectivity index (χ4n) is 2.77. The number of carbonyl (C=O) groups excluding carboxylic acids is 1. The van der Waals surface area contributed by atoms with E-state index in [0.717, 1.165) is 49.2 Å². The van der Waals surface area contributed by atoms with Crippen molar-refractivity contribution in [2.24, 2.45) is 5.92 Å². The highest BCUT2D eigenvalue weighted by Gasteiger charge is 2.23. The molecule has 0 aromatic heterocycles. The molecule has 0 N–H and O–H groups in total. The van der Waals surface area contributed by atoms with E-state index in [4.69, 9.17) is 9.47 Å². The third-order valence-corrected chi connectivity index (χ3v) is 3.86. The molecule has 21 heavy (non-hydrogen) atoms. The third kappa shape index (κ3) is 4.35. The summed E-state index contributed by atoms with van der Waals surface area (Å²) in [5.41, 5.74) is 1.08. The predicted octanol–water partition coefficient (Wildman–Crippen LogP) is 3.95. The van der Waals surface area contributed by atoms with Crippen LogP contribution in [0.1, 0.15) is 38.2 Å². The largest absolute Gasteiger partial charge is 0.494 e. The van der Waals surface area contributed by atoms with Gasteiger partial charge in [-0.25, -0.2) is 0 Å². The zero-order chi connectivity index (χ0) is 15.1. The summed E-state index contributed by atoms with van der Waals surface area (Å²) < 4.78 is 11.4. The second-order valence-electron chi connectivity index (χ2n) is 5.39. The maximum Gasteiger partial charge on any atom is 0.136 e. The van der Waals surface area contributed by atoms with Crippen molar-refractivity contribution in [2.45, 2.75) is 39.0 Å². The lowest BCUT2D eigenvalue weighted by molar-refractivity contribution is -0.121. The normalized spacial score (nSPS) is 17.8. The number of hydrogen-bond acceptors (Lipinski definition) is 3. The number of benzene rings is 1. The first-order valence-electron chi connectivity index (χ1n) is 7.76. The van der Waals surface area contributed by atoms with Gasteiger partial charge in [0.2, 0.25) is 0 Å². The van der Waals surface area contributed by atoms with Gasteiger partial charge in [0, 0.05) is 17.9 Å². The van der Waals surface area contributed by atoms with Crippen molar-refractivity contribution in [3.05, 3.63) is 36.4 Å². The zero-order valence-electron chi connectivity index (χ0n) is 12.8. The van der Waals surface area contributed by atoms with Gasteiger partial charge in [0.25, 0.3) is 0 Å². The van der Waals surface area contributed by atoms with E-state index in [0.29, 0.717) is 19.0 Å². The molecule has 0 saturated heterocycles. The van der Waals surface area contributed by atoms with Crippen molar-refractivity contribution >= 4 is 5.78 Å². The minimum atomic E-state index is 0.204. The number of ether oxygens (including phenoxy) is 2. The fourth-order valence-corrected chi connectivity index (χ4v) is 2.77. The van der Waals surface area contributed by atoms with Crippen molar-refractivity contribution < 1.29 is 14.3 Å². The lowest BCUT2D eigenvalue weighted by atomic mass is 10.0. The summed E-state index contributed by atoms with van der Waals surface area (Å²) >= 11 is 0. The van der Waals surface area contributed by atoms with Crippen LogP contribution in [-0.4, -0.2) is 19.0 Å². The van der Waals surface area contributed by atoms with E-state index in [1.807, 2.05) is 31.2 Å². The van der Waals surface area contributed by atoms with E-state index in [9.17, 15) is 4.79 Å². The highest BCUT2D eigenvalue weighted by molar-refractivity contribution is 5.82. The summed E-state index contributed by atoms with van der Waals surface area (Å²) in [6.07, 6.45) is 6.23. The molecule has 0 heterocycles. The van der Waals surface area contributed by atoms with E-state index in [-0.39, 0.29) is 5.92 Å². The number of Topliss-reactive ketones (excluding diaryl/α,β-unsaturated/α-hetero) is 1. The van der Waals surface area contributed by atoms with Crippen LogP contribution in [0.15, 0.2) is 30.9 Å². The molecule has 3 nitrogen and oxygen atoms in total. The van der Waals surface area contributed by atoms with Crippen LogP contribution in [0.4, 0.5) is 0 Å². The van der Waals surface area contributed by atoms with Gasteiger partial charge < -0.3 is 9.47 Å². The Bertz CT molecular complexity index is 493. The molecule has 2 rings (SSSR count). The molecule has 1 aliphatic carbocycles. The molecule has 0 aliphatic heterocycles. The highest BCUT2D eigenvalue weighted by atomic mass is 16.5. The summed E-state index contributed by atoms with van der Waals surface area (Å²) in [7, 11) is 0. The summed E-state index contributed by atoms with van der Waals surface area (Å²) in [5, 5.41) is 0. The smallest absolute Gasteiger partial charge is 0.136 e. The molecule has 1 atom stereocenters. The molecule has 114 valence electrons. The van der Waals surface area contributed by atoms with Gasteiger partial charge in [-0.2, -0.15) is 0 Å². The van der Waals surface area contributed by atoms with Gasteiger partial charge in [-0.3, -0.25) is 4.79 Å². The molecule has 1 saturated carbocycles. The van der Waals surface area contributed by atoms with Crippen LogP contribution < -0.4 is 9.47 Å². The molecular weight excluding hydrogens is 264 g/mol. The van der Waals surface area contributed by atoms with Crippen molar-refractivity contribution in [3.63, 3.8) is 0 Å². The Labute approximate surface area is 127 Å². The Morgan fingerprint density at radius 3 is 2.90 bits per heavy atom. The number of rotatable bonds is 8. The number of allylic oxidation sites excluding steroid dienone is 1. The van der Waals surface area contributed by atoms with Gasteiger partial charge in [-0.1, -0.05) is 6.08 Å². The molecule has 1 aliphatic rings. The number of ketones is 1. The van der Waals surface area contributed by atoms with Crippen molar-refractivity contribution in [1.82, 2.24) is 0 Å². The monoisotopic (exact) mass is 288 g/mol. The Morgan fingerprint density at radius 2 is 2.24 bits per heavy atom. The van der Waals surface area contributed by atoms with Gasteiger partial charge in [-0.15, -0.1) is 6.58 Å². The van der Waals surface area contributed by atoms with E-state index in [1.165, 1.54) is 0 Å². The Hall–Kier alpha value is -1.77. The molecule has 1 unspecified atom stereocenters. The highest BCUT2D eigenvalue weighted by Crippen LogP contribution is 2.27.